The Kier molecular flexibility index (Phi) is 5.01. The maximum absolute atomic E-state index is 13.4. The number of benzene rings is 1. The number of ether oxygens (including phenoxy) is 1. The molecule has 0 aliphatic carbocycles. The van der Waals surface area contributed by atoms with Gasteiger partial charge in [-0.1, -0.05) is 12.1 Å². The highest BCUT2D eigenvalue weighted by Gasteiger charge is 2.52. The molecule has 3 rings (SSSR count). The van der Waals surface area contributed by atoms with Crippen molar-refractivity contribution in [2.45, 2.75) is 57.7 Å². The fourth-order valence-electron chi connectivity index (χ4n) is 3.28. The van der Waals surface area contributed by atoms with Crippen molar-refractivity contribution in [1.29, 1.82) is 0 Å². The summed E-state index contributed by atoms with van der Waals surface area (Å²) in [7, 11) is 0.928. The molecule has 0 atom stereocenters. The number of alkyl halides is 2. The Morgan fingerprint density at radius 1 is 1.22 bits per heavy atom. The van der Waals surface area contributed by atoms with E-state index in [4.69, 9.17) is 14.0 Å². The Balaban J connectivity index is 1.79. The molecular formula is C19H26BF2NO4. The normalized spacial score (nSPS) is 22.9. The number of carbonyl (C=O) groups excluding carboxylic acids is 1. The molecule has 1 aromatic rings. The van der Waals surface area contributed by atoms with Crippen molar-refractivity contribution >= 4 is 18.5 Å². The number of methoxy groups -OCH3 is 1. The number of rotatable bonds is 4. The number of amides is 1. The molecule has 1 amide bonds. The van der Waals surface area contributed by atoms with Crippen molar-refractivity contribution in [2.24, 2.45) is 0 Å². The first kappa shape index (κ1) is 20.1. The van der Waals surface area contributed by atoms with Crippen LogP contribution in [0.5, 0.6) is 5.75 Å². The van der Waals surface area contributed by atoms with E-state index in [1.54, 1.807) is 25.3 Å². The molecule has 5 nitrogen and oxygen atoms in total. The van der Waals surface area contributed by atoms with E-state index in [0.717, 1.165) is 0 Å². The zero-order chi connectivity index (χ0) is 20.0. The molecule has 8 heteroatoms. The fourth-order valence-corrected chi connectivity index (χ4v) is 3.28. The van der Waals surface area contributed by atoms with Gasteiger partial charge in [0.05, 0.1) is 31.3 Å². The predicted octanol–water partition coefficient (Wildman–Crippen LogP) is 2.40. The lowest BCUT2D eigenvalue weighted by molar-refractivity contribution is -0.130. The van der Waals surface area contributed by atoms with Gasteiger partial charge in [0.15, 0.2) is 0 Å². The Morgan fingerprint density at radius 2 is 1.85 bits per heavy atom. The minimum atomic E-state index is -2.79. The summed E-state index contributed by atoms with van der Waals surface area (Å²) in [5, 5.41) is 0. The predicted molar refractivity (Wildman–Crippen MR) is 98.6 cm³/mol. The van der Waals surface area contributed by atoms with E-state index in [-0.39, 0.29) is 25.3 Å². The molecular weight excluding hydrogens is 355 g/mol. The maximum atomic E-state index is 13.4. The first-order chi connectivity index (χ1) is 12.4. The number of nitrogens with zero attached hydrogens (tertiary/aromatic N) is 1. The van der Waals surface area contributed by atoms with Crippen molar-refractivity contribution in [3.05, 3.63) is 23.8 Å². The second kappa shape index (κ2) is 6.74. The highest BCUT2D eigenvalue weighted by molar-refractivity contribution is 6.63. The third-order valence-electron chi connectivity index (χ3n) is 5.68. The van der Waals surface area contributed by atoms with E-state index in [0.29, 0.717) is 16.8 Å². The zero-order valence-electron chi connectivity index (χ0n) is 16.5. The van der Waals surface area contributed by atoms with Crippen LogP contribution in [0.3, 0.4) is 0 Å². The lowest BCUT2D eigenvalue weighted by atomic mass is 9.77. The van der Waals surface area contributed by atoms with E-state index < -0.39 is 30.8 Å². The summed E-state index contributed by atoms with van der Waals surface area (Å²) < 4.78 is 44.3. The highest BCUT2D eigenvalue weighted by Crippen LogP contribution is 2.37. The molecule has 0 bridgehead atoms. The van der Waals surface area contributed by atoms with Gasteiger partial charge < -0.3 is 18.9 Å². The molecule has 0 saturated carbocycles. The molecule has 0 spiro atoms. The Morgan fingerprint density at radius 3 is 2.37 bits per heavy atom. The van der Waals surface area contributed by atoms with E-state index >= 15 is 0 Å². The lowest BCUT2D eigenvalue weighted by Gasteiger charge is -2.32. The van der Waals surface area contributed by atoms with Gasteiger partial charge in [-0.2, -0.15) is 0 Å². The van der Waals surface area contributed by atoms with Gasteiger partial charge in [0.2, 0.25) is 5.91 Å². The number of carbonyl (C=O) groups is 1. The van der Waals surface area contributed by atoms with Crippen LogP contribution in [-0.2, 0) is 20.5 Å². The monoisotopic (exact) mass is 381 g/mol. The fraction of sp³-hybridized carbons (Fsp3) is 0.632. The van der Waals surface area contributed by atoms with E-state index in [1.807, 2.05) is 27.7 Å². The largest absolute Gasteiger partial charge is 0.498 e. The molecule has 2 aliphatic rings. The molecule has 2 aliphatic heterocycles. The summed E-state index contributed by atoms with van der Waals surface area (Å²) in [6, 6.07) is 5.31. The maximum Gasteiger partial charge on any atom is 0.498 e. The zero-order valence-corrected chi connectivity index (χ0v) is 16.5. The molecule has 0 aromatic heterocycles. The van der Waals surface area contributed by atoms with Crippen molar-refractivity contribution in [3.63, 3.8) is 0 Å². The Labute approximate surface area is 159 Å². The smallest absolute Gasteiger partial charge is 0.497 e. The molecule has 0 radical (unpaired) electrons. The van der Waals surface area contributed by atoms with Gasteiger partial charge in [-0.25, -0.2) is 8.78 Å². The van der Waals surface area contributed by atoms with Gasteiger partial charge in [-0.05, 0) is 39.3 Å². The first-order valence-electron chi connectivity index (χ1n) is 9.12. The van der Waals surface area contributed by atoms with E-state index in [9.17, 15) is 13.6 Å². The number of hydrogen-bond donors (Lipinski definition) is 0. The van der Waals surface area contributed by atoms with Crippen LogP contribution < -0.4 is 10.2 Å². The van der Waals surface area contributed by atoms with Crippen LogP contribution in [0.4, 0.5) is 8.78 Å². The Bertz CT molecular complexity index is 722. The van der Waals surface area contributed by atoms with Crippen LogP contribution in [0.25, 0.3) is 0 Å². The topological polar surface area (TPSA) is 48.0 Å². The van der Waals surface area contributed by atoms with Crippen LogP contribution >= 0.6 is 0 Å². The summed E-state index contributed by atoms with van der Waals surface area (Å²) in [6.07, 6.45) is -0.229. The van der Waals surface area contributed by atoms with Crippen molar-refractivity contribution in [1.82, 2.24) is 4.90 Å². The Hall–Kier alpha value is -1.67. The molecule has 0 N–H and O–H groups in total. The summed E-state index contributed by atoms with van der Waals surface area (Å²) in [5.41, 5.74) is 0.388. The van der Waals surface area contributed by atoms with Crippen molar-refractivity contribution in [2.75, 3.05) is 20.2 Å². The SMILES string of the molecule is COc1ccc(CC(=O)N2CCC(F)(F)C2)cc1B1OC(C)(C)C(C)(C)O1. The minimum absolute atomic E-state index is 0.0482. The van der Waals surface area contributed by atoms with Crippen LogP contribution in [0, 0.1) is 0 Å². The molecule has 2 saturated heterocycles. The molecule has 0 unspecified atom stereocenters. The molecule has 27 heavy (non-hydrogen) atoms. The van der Waals surface area contributed by atoms with Gasteiger partial charge >= 0.3 is 7.12 Å². The summed E-state index contributed by atoms with van der Waals surface area (Å²) in [6.45, 7) is 7.42. The molecule has 2 heterocycles. The number of likely N-dealkylation sites (tertiary alicyclic amines) is 1. The minimum Gasteiger partial charge on any atom is -0.497 e. The van der Waals surface area contributed by atoms with Gasteiger partial charge in [0.1, 0.15) is 5.75 Å². The molecule has 148 valence electrons. The summed E-state index contributed by atoms with van der Waals surface area (Å²) in [5.74, 6) is -2.50. The highest BCUT2D eigenvalue weighted by atomic mass is 19.3. The van der Waals surface area contributed by atoms with E-state index in [2.05, 4.69) is 0 Å². The lowest BCUT2D eigenvalue weighted by Crippen LogP contribution is -2.41. The van der Waals surface area contributed by atoms with Crippen LogP contribution in [-0.4, -0.2) is 55.2 Å². The number of hydrogen-bond acceptors (Lipinski definition) is 4. The first-order valence-corrected chi connectivity index (χ1v) is 9.12. The standard InChI is InChI=1S/C19H26BF2NO4/c1-17(2)18(3,4)27-20(26-17)14-10-13(6-7-15(14)25-5)11-16(24)23-9-8-19(21,22)12-23/h6-7,10H,8-9,11-12H2,1-5H3. The second-order valence-electron chi connectivity index (χ2n) is 8.26. The van der Waals surface area contributed by atoms with Gasteiger partial charge in [0, 0.05) is 18.4 Å². The van der Waals surface area contributed by atoms with Gasteiger partial charge in [0.25, 0.3) is 5.92 Å². The molecule has 2 fully saturated rings. The summed E-state index contributed by atoms with van der Waals surface area (Å²) in [4.78, 5) is 13.6. The van der Waals surface area contributed by atoms with Gasteiger partial charge in [-0.15, -0.1) is 0 Å². The van der Waals surface area contributed by atoms with Crippen LogP contribution in [0.2, 0.25) is 0 Å². The second-order valence-corrected chi connectivity index (χ2v) is 8.26. The average Bonchev–Trinajstić information content (AvgIpc) is 3.03. The third kappa shape index (κ3) is 3.96. The average molecular weight is 381 g/mol. The van der Waals surface area contributed by atoms with Crippen LogP contribution in [0.15, 0.2) is 18.2 Å². The van der Waals surface area contributed by atoms with Crippen molar-refractivity contribution < 1.29 is 27.6 Å². The van der Waals surface area contributed by atoms with Crippen LogP contribution in [0.1, 0.15) is 39.7 Å². The summed E-state index contributed by atoms with van der Waals surface area (Å²) >= 11 is 0. The molecule has 1 aromatic carbocycles. The number of halogens is 2. The third-order valence-corrected chi connectivity index (χ3v) is 5.68. The van der Waals surface area contributed by atoms with Crippen molar-refractivity contribution in [3.8, 4) is 5.75 Å². The quantitative estimate of drug-likeness (QED) is 0.752. The van der Waals surface area contributed by atoms with E-state index in [1.165, 1.54) is 4.90 Å². The van der Waals surface area contributed by atoms with Gasteiger partial charge in [-0.3, -0.25) is 4.79 Å².